The maximum Gasteiger partial charge on any atom is 0.266 e. The number of carbonyl (C=O) groups excluding carboxylic acids is 1. The molecule has 0 aliphatic rings. The fourth-order valence-corrected chi connectivity index (χ4v) is 2.55. The van der Waals surface area contributed by atoms with Gasteiger partial charge >= 0.3 is 0 Å². The van der Waals surface area contributed by atoms with Crippen LogP contribution in [-0.4, -0.2) is 61.9 Å². The number of likely N-dealkylation sites (N-methyl/N-ethyl adjacent to an activating group) is 1. The molecule has 1 aromatic carbocycles. The number of carbonyl (C=O) groups is 1. The summed E-state index contributed by atoms with van der Waals surface area (Å²) in [7, 11) is -0.530. The SMILES string of the molecule is COc1ccc(-c2ccc(=O)n(CCNC(=O)CN(C)S(C)(=O)=O)n2)cc1. The number of hydrogen-bond acceptors (Lipinski definition) is 6. The highest BCUT2D eigenvalue weighted by atomic mass is 32.2. The summed E-state index contributed by atoms with van der Waals surface area (Å²) in [5, 5.41) is 6.88. The van der Waals surface area contributed by atoms with Gasteiger partial charge in [-0.3, -0.25) is 9.59 Å². The van der Waals surface area contributed by atoms with Crippen LogP contribution in [0, 0.1) is 0 Å². The largest absolute Gasteiger partial charge is 0.497 e. The Labute approximate surface area is 157 Å². The van der Waals surface area contributed by atoms with Crippen molar-refractivity contribution in [2.45, 2.75) is 6.54 Å². The van der Waals surface area contributed by atoms with Gasteiger partial charge in [0, 0.05) is 25.2 Å². The zero-order chi connectivity index (χ0) is 20.0. The lowest BCUT2D eigenvalue weighted by Gasteiger charge is -2.14. The van der Waals surface area contributed by atoms with Gasteiger partial charge in [0.25, 0.3) is 5.56 Å². The molecule has 9 nitrogen and oxygen atoms in total. The van der Waals surface area contributed by atoms with E-state index in [2.05, 4.69) is 10.4 Å². The number of amides is 1. The Balaban J connectivity index is 2.00. The van der Waals surface area contributed by atoms with E-state index in [4.69, 9.17) is 4.74 Å². The van der Waals surface area contributed by atoms with E-state index in [0.29, 0.717) is 11.4 Å². The fourth-order valence-electron chi connectivity index (χ4n) is 2.20. The summed E-state index contributed by atoms with van der Waals surface area (Å²) < 4.78 is 29.9. The first-order valence-corrected chi connectivity index (χ1v) is 9.96. The highest BCUT2D eigenvalue weighted by molar-refractivity contribution is 7.88. The topological polar surface area (TPSA) is 111 Å². The third kappa shape index (κ3) is 5.90. The number of ether oxygens (including phenoxy) is 1. The predicted molar refractivity (Wildman–Crippen MR) is 101 cm³/mol. The molecule has 1 heterocycles. The zero-order valence-electron chi connectivity index (χ0n) is 15.4. The molecule has 0 bridgehead atoms. The molecule has 0 atom stereocenters. The number of nitrogens with zero attached hydrogens (tertiary/aromatic N) is 3. The molecule has 0 radical (unpaired) electrons. The molecule has 27 heavy (non-hydrogen) atoms. The minimum absolute atomic E-state index is 0.148. The number of nitrogens with one attached hydrogen (secondary N) is 1. The second-order valence-corrected chi connectivity index (χ2v) is 7.97. The fraction of sp³-hybridized carbons (Fsp3) is 0.353. The monoisotopic (exact) mass is 394 g/mol. The molecule has 1 amide bonds. The summed E-state index contributed by atoms with van der Waals surface area (Å²) in [4.78, 5) is 23.8. The molecule has 0 fully saturated rings. The smallest absolute Gasteiger partial charge is 0.266 e. The van der Waals surface area contributed by atoms with Crippen molar-refractivity contribution in [3.8, 4) is 17.0 Å². The van der Waals surface area contributed by atoms with Crippen LogP contribution in [0.3, 0.4) is 0 Å². The summed E-state index contributed by atoms with van der Waals surface area (Å²) in [6, 6.07) is 10.3. The molecule has 1 N–H and O–H groups in total. The van der Waals surface area contributed by atoms with Gasteiger partial charge in [-0.15, -0.1) is 0 Å². The van der Waals surface area contributed by atoms with Crippen molar-refractivity contribution < 1.29 is 17.9 Å². The number of hydrogen-bond donors (Lipinski definition) is 1. The van der Waals surface area contributed by atoms with Gasteiger partial charge in [0.2, 0.25) is 15.9 Å². The minimum atomic E-state index is -3.43. The van der Waals surface area contributed by atoms with Crippen molar-refractivity contribution in [2.75, 3.05) is 33.5 Å². The van der Waals surface area contributed by atoms with E-state index < -0.39 is 15.9 Å². The Morgan fingerprint density at radius 2 is 1.89 bits per heavy atom. The van der Waals surface area contributed by atoms with Crippen LogP contribution >= 0.6 is 0 Å². The first kappa shape index (κ1) is 20.6. The van der Waals surface area contributed by atoms with Crippen molar-refractivity contribution in [1.82, 2.24) is 19.4 Å². The molecular weight excluding hydrogens is 372 g/mol. The number of sulfonamides is 1. The summed E-state index contributed by atoms with van der Waals surface area (Å²) >= 11 is 0. The van der Waals surface area contributed by atoms with Gasteiger partial charge < -0.3 is 10.1 Å². The van der Waals surface area contributed by atoms with E-state index in [9.17, 15) is 18.0 Å². The van der Waals surface area contributed by atoms with Crippen LogP contribution in [0.4, 0.5) is 0 Å². The van der Waals surface area contributed by atoms with Crippen LogP contribution < -0.4 is 15.6 Å². The second-order valence-electron chi connectivity index (χ2n) is 5.88. The standard InChI is InChI=1S/C17H22N4O5S/c1-20(27(3,24)25)12-16(22)18-10-11-21-17(23)9-8-15(19-21)13-4-6-14(26-2)7-5-13/h4-9H,10-12H2,1-3H3,(H,18,22). The van der Waals surface area contributed by atoms with Crippen LogP contribution in [-0.2, 0) is 21.4 Å². The molecule has 0 spiro atoms. The Hall–Kier alpha value is -2.72. The van der Waals surface area contributed by atoms with Crippen LogP contribution in [0.5, 0.6) is 5.75 Å². The minimum Gasteiger partial charge on any atom is -0.497 e. The molecule has 2 aromatic rings. The van der Waals surface area contributed by atoms with Gasteiger partial charge in [-0.2, -0.15) is 9.40 Å². The molecular formula is C17H22N4O5S. The van der Waals surface area contributed by atoms with E-state index in [1.54, 1.807) is 25.3 Å². The zero-order valence-corrected chi connectivity index (χ0v) is 16.2. The maximum absolute atomic E-state index is 12.0. The van der Waals surface area contributed by atoms with Crippen LogP contribution in [0.15, 0.2) is 41.2 Å². The molecule has 146 valence electrons. The van der Waals surface area contributed by atoms with E-state index in [-0.39, 0.29) is 25.2 Å². The van der Waals surface area contributed by atoms with Gasteiger partial charge in [-0.25, -0.2) is 13.1 Å². The maximum atomic E-state index is 12.0. The van der Waals surface area contributed by atoms with Gasteiger partial charge in [0.05, 0.1) is 32.1 Å². The molecule has 0 aliphatic carbocycles. The lowest BCUT2D eigenvalue weighted by Crippen LogP contribution is -2.39. The van der Waals surface area contributed by atoms with Crippen molar-refractivity contribution in [2.24, 2.45) is 0 Å². The third-order valence-corrected chi connectivity index (χ3v) is 5.09. The van der Waals surface area contributed by atoms with Gasteiger partial charge in [0.1, 0.15) is 5.75 Å². The lowest BCUT2D eigenvalue weighted by atomic mass is 10.1. The van der Waals surface area contributed by atoms with Crippen LogP contribution in [0.1, 0.15) is 0 Å². The third-order valence-electron chi connectivity index (χ3n) is 3.83. The van der Waals surface area contributed by atoms with E-state index in [0.717, 1.165) is 16.1 Å². The number of benzene rings is 1. The van der Waals surface area contributed by atoms with Crippen molar-refractivity contribution >= 4 is 15.9 Å². The molecule has 2 rings (SSSR count). The molecule has 0 saturated heterocycles. The number of methoxy groups -OCH3 is 1. The lowest BCUT2D eigenvalue weighted by molar-refractivity contribution is -0.121. The van der Waals surface area contributed by atoms with Gasteiger partial charge in [-0.05, 0) is 30.3 Å². The first-order valence-electron chi connectivity index (χ1n) is 8.11. The Morgan fingerprint density at radius 3 is 2.48 bits per heavy atom. The Bertz CT molecular complexity index is 954. The van der Waals surface area contributed by atoms with Crippen molar-refractivity contribution in [3.05, 3.63) is 46.8 Å². The average molecular weight is 394 g/mol. The quantitative estimate of drug-likeness (QED) is 0.671. The molecule has 10 heteroatoms. The molecule has 0 unspecified atom stereocenters. The van der Waals surface area contributed by atoms with Crippen molar-refractivity contribution in [3.63, 3.8) is 0 Å². The van der Waals surface area contributed by atoms with E-state index in [1.165, 1.54) is 17.8 Å². The normalized spacial score (nSPS) is 11.4. The van der Waals surface area contributed by atoms with Gasteiger partial charge in [-0.1, -0.05) is 0 Å². The first-order chi connectivity index (χ1) is 12.7. The summed E-state index contributed by atoms with van der Waals surface area (Å²) in [6.07, 6.45) is 1.02. The van der Waals surface area contributed by atoms with Crippen molar-refractivity contribution in [1.29, 1.82) is 0 Å². The van der Waals surface area contributed by atoms with E-state index >= 15 is 0 Å². The highest BCUT2D eigenvalue weighted by Gasteiger charge is 2.14. The summed E-state index contributed by atoms with van der Waals surface area (Å²) in [5.74, 6) is 0.260. The summed E-state index contributed by atoms with van der Waals surface area (Å²) in [6.45, 7) is 0.0274. The Morgan fingerprint density at radius 1 is 1.22 bits per heavy atom. The average Bonchev–Trinajstić information content (AvgIpc) is 2.62. The molecule has 1 aromatic heterocycles. The highest BCUT2D eigenvalue weighted by Crippen LogP contribution is 2.19. The van der Waals surface area contributed by atoms with Gasteiger partial charge in [0.15, 0.2) is 0 Å². The second kappa shape index (κ2) is 8.78. The van der Waals surface area contributed by atoms with Crippen LogP contribution in [0.2, 0.25) is 0 Å². The summed E-state index contributed by atoms with van der Waals surface area (Å²) in [5.41, 5.74) is 1.14. The van der Waals surface area contributed by atoms with E-state index in [1.807, 2.05) is 12.1 Å². The number of aromatic nitrogens is 2. The number of rotatable bonds is 8. The van der Waals surface area contributed by atoms with Crippen LogP contribution in [0.25, 0.3) is 11.3 Å². The molecule has 0 aliphatic heterocycles. The predicted octanol–water partition coefficient (Wildman–Crippen LogP) is -0.0735. The molecule has 0 saturated carbocycles. The Kier molecular flexibility index (Phi) is 6.70.